The molecule has 0 atom stereocenters. The topological polar surface area (TPSA) is 79.5 Å². The molecule has 3 amide bonds. The number of amides is 3. The lowest BCUT2D eigenvalue weighted by atomic mass is 10.1. The molecule has 0 aliphatic rings. The third-order valence-corrected chi connectivity index (χ3v) is 3.29. The maximum Gasteiger partial charge on any atom is 0.319 e. The normalized spacial score (nSPS) is 10.2. The number of rotatable bonds is 7. The van der Waals surface area contributed by atoms with Gasteiger partial charge in [-0.05, 0) is 42.3 Å². The fourth-order valence-corrected chi connectivity index (χ4v) is 2.15. The van der Waals surface area contributed by atoms with Crippen molar-refractivity contribution in [3.05, 3.63) is 59.9 Å². The van der Waals surface area contributed by atoms with Gasteiger partial charge in [-0.15, -0.1) is 0 Å². The molecule has 0 radical (unpaired) electrons. The van der Waals surface area contributed by atoms with Crippen LogP contribution in [-0.4, -0.2) is 32.2 Å². The molecule has 6 nitrogen and oxygen atoms in total. The number of benzene rings is 2. The molecule has 0 aliphatic carbocycles. The average molecular weight is 345 g/mol. The first-order valence-electron chi connectivity index (χ1n) is 7.75. The van der Waals surface area contributed by atoms with E-state index in [2.05, 4.69) is 16.0 Å². The van der Waals surface area contributed by atoms with E-state index in [1.54, 1.807) is 36.4 Å². The van der Waals surface area contributed by atoms with Crippen LogP contribution in [-0.2, 0) is 16.0 Å². The van der Waals surface area contributed by atoms with Gasteiger partial charge in [-0.1, -0.05) is 18.2 Å². The van der Waals surface area contributed by atoms with Crippen molar-refractivity contribution in [1.82, 2.24) is 5.32 Å². The zero-order valence-electron chi connectivity index (χ0n) is 13.8. The van der Waals surface area contributed by atoms with Crippen molar-refractivity contribution in [2.75, 3.05) is 30.9 Å². The highest BCUT2D eigenvalue weighted by atomic mass is 19.1. The van der Waals surface area contributed by atoms with Crippen LogP contribution >= 0.6 is 0 Å². The van der Waals surface area contributed by atoms with E-state index in [9.17, 15) is 14.0 Å². The molecule has 7 heteroatoms. The number of methoxy groups -OCH3 is 1. The molecule has 132 valence electrons. The van der Waals surface area contributed by atoms with Crippen LogP contribution in [0.5, 0.6) is 0 Å². The molecule has 0 unspecified atom stereocenters. The molecule has 3 N–H and O–H groups in total. The number of halogens is 1. The van der Waals surface area contributed by atoms with Gasteiger partial charge < -0.3 is 20.7 Å². The second-order valence-electron chi connectivity index (χ2n) is 5.32. The summed E-state index contributed by atoms with van der Waals surface area (Å²) in [5.41, 5.74) is 2.05. The van der Waals surface area contributed by atoms with Gasteiger partial charge in [0.2, 0.25) is 5.91 Å². The molecule has 2 rings (SSSR count). The minimum absolute atomic E-state index is 0.0402. The summed E-state index contributed by atoms with van der Waals surface area (Å²) in [6, 6.07) is 12.6. The van der Waals surface area contributed by atoms with E-state index in [4.69, 9.17) is 4.74 Å². The highest BCUT2D eigenvalue weighted by Gasteiger charge is 2.05. The summed E-state index contributed by atoms with van der Waals surface area (Å²) in [6.45, 7) is 0.378. The zero-order chi connectivity index (χ0) is 18.1. The van der Waals surface area contributed by atoms with Gasteiger partial charge in [0.05, 0.1) is 0 Å². The van der Waals surface area contributed by atoms with E-state index >= 15 is 0 Å². The number of urea groups is 1. The van der Waals surface area contributed by atoms with E-state index in [0.717, 1.165) is 5.56 Å². The summed E-state index contributed by atoms with van der Waals surface area (Å²) < 4.78 is 17.6. The van der Waals surface area contributed by atoms with Crippen LogP contribution in [0.2, 0.25) is 0 Å². The molecule has 25 heavy (non-hydrogen) atoms. The third kappa shape index (κ3) is 6.60. The fraction of sp³-hybridized carbons (Fsp3) is 0.222. The van der Waals surface area contributed by atoms with Crippen molar-refractivity contribution in [2.45, 2.75) is 6.42 Å². The number of hydrogen-bond acceptors (Lipinski definition) is 3. The lowest BCUT2D eigenvalue weighted by Gasteiger charge is -2.10. The summed E-state index contributed by atoms with van der Waals surface area (Å²) in [7, 11) is 1.44. The van der Waals surface area contributed by atoms with Crippen LogP contribution in [0.25, 0.3) is 0 Å². The van der Waals surface area contributed by atoms with Crippen molar-refractivity contribution >= 4 is 23.3 Å². The number of nitrogens with one attached hydrogen (secondary N) is 3. The van der Waals surface area contributed by atoms with E-state index in [-0.39, 0.29) is 24.4 Å². The monoisotopic (exact) mass is 345 g/mol. The van der Waals surface area contributed by atoms with Gasteiger partial charge in [-0.25, -0.2) is 9.18 Å². The first-order chi connectivity index (χ1) is 12.1. The van der Waals surface area contributed by atoms with E-state index in [1.807, 2.05) is 0 Å². The largest absolute Gasteiger partial charge is 0.375 e. The highest BCUT2D eigenvalue weighted by Crippen LogP contribution is 2.15. The molecular formula is C18H20FN3O3. The number of carbonyl (C=O) groups excluding carboxylic acids is 2. The van der Waals surface area contributed by atoms with Gasteiger partial charge >= 0.3 is 6.03 Å². The Morgan fingerprint density at radius 3 is 2.40 bits per heavy atom. The minimum atomic E-state index is -0.359. The molecule has 0 aliphatic heterocycles. The molecule has 0 saturated heterocycles. The van der Waals surface area contributed by atoms with Gasteiger partial charge in [0.15, 0.2) is 0 Å². The van der Waals surface area contributed by atoms with Crippen LogP contribution in [0.3, 0.4) is 0 Å². The maximum atomic E-state index is 12.8. The van der Waals surface area contributed by atoms with Crippen molar-refractivity contribution in [1.29, 1.82) is 0 Å². The lowest BCUT2D eigenvalue weighted by Crippen LogP contribution is -2.30. The standard InChI is InChI=1S/C18H20FN3O3/c1-25-12-17(23)21-15-3-2-4-16(11-15)22-18(24)20-10-9-13-5-7-14(19)8-6-13/h2-8,11H,9-10,12H2,1H3,(H,21,23)(H2,20,22,24). The lowest BCUT2D eigenvalue weighted by molar-refractivity contribution is -0.119. The summed E-state index contributed by atoms with van der Waals surface area (Å²) >= 11 is 0. The van der Waals surface area contributed by atoms with Crippen LogP contribution in [0, 0.1) is 5.82 Å². The molecule has 0 spiro atoms. The maximum absolute atomic E-state index is 12.8. The predicted molar refractivity (Wildman–Crippen MR) is 94.1 cm³/mol. The summed E-state index contributed by atoms with van der Waals surface area (Å²) in [4.78, 5) is 23.4. The molecule has 0 aromatic heterocycles. The van der Waals surface area contributed by atoms with Gasteiger partial charge in [-0.3, -0.25) is 4.79 Å². The van der Waals surface area contributed by atoms with Gasteiger partial charge in [0, 0.05) is 25.0 Å². The Kier molecular flexibility index (Phi) is 6.91. The second kappa shape index (κ2) is 9.39. The Morgan fingerprint density at radius 1 is 1.04 bits per heavy atom. The Morgan fingerprint density at radius 2 is 1.72 bits per heavy atom. The van der Waals surface area contributed by atoms with Crippen molar-refractivity contribution in [3.8, 4) is 0 Å². The Labute approximate surface area is 145 Å². The number of carbonyl (C=O) groups is 2. The van der Waals surface area contributed by atoms with Gasteiger partial charge in [0.25, 0.3) is 0 Å². The zero-order valence-corrected chi connectivity index (χ0v) is 13.8. The molecule has 2 aromatic carbocycles. The number of hydrogen-bond donors (Lipinski definition) is 3. The van der Waals surface area contributed by atoms with Crippen molar-refractivity contribution in [3.63, 3.8) is 0 Å². The number of anilines is 2. The Bertz CT molecular complexity index is 720. The molecular weight excluding hydrogens is 325 g/mol. The molecule has 0 fully saturated rings. The predicted octanol–water partition coefficient (Wildman–Crippen LogP) is 2.77. The minimum Gasteiger partial charge on any atom is -0.375 e. The third-order valence-electron chi connectivity index (χ3n) is 3.29. The molecule has 2 aromatic rings. The fourth-order valence-electron chi connectivity index (χ4n) is 2.15. The summed E-state index contributed by atoms with van der Waals surface area (Å²) in [5.74, 6) is -0.560. The van der Waals surface area contributed by atoms with Crippen LogP contribution in [0.4, 0.5) is 20.6 Å². The Hall–Kier alpha value is -2.93. The SMILES string of the molecule is COCC(=O)Nc1cccc(NC(=O)NCCc2ccc(F)cc2)c1. The van der Waals surface area contributed by atoms with Crippen LogP contribution in [0.15, 0.2) is 48.5 Å². The second-order valence-corrected chi connectivity index (χ2v) is 5.32. The van der Waals surface area contributed by atoms with E-state index in [1.165, 1.54) is 19.2 Å². The highest BCUT2D eigenvalue weighted by molar-refractivity contribution is 5.94. The Balaban J connectivity index is 1.79. The smallest absolute Gasteiger partial charge is 0.319 e. The van der Waals surface area contributed by atoms with Gasteiger partial charge in [-0.2, -0.15) is 0 Å². The molecule has 0 saturated carbocycles. The quantitative estimate of drug-likeness (QED) is 0.722. The van der Waals surface area contributed by atoms with E-state index in [0.29, 0.717) is 24.3 Å². The summed E-state index contributed by atoms with van der Waals surface area (Å²) in [6.07, 6.45) is 0.598. The average Bonchev–Trinajstić information content (AvgIpc) is 2.57. The summed E-state index contributed by atoms with van der Waals surface area (Å²) in [5, 5.41) is 8.07. The number of ether oxygens (including phenoxy) is 1. The van der Waals surface area contributed by atoms with Crippen molar-refractivity contribution < 1.29 is 18.7 Å². The molecule has 0 bridgehead atoms. The molecule has 0 heterocycles. The van der Waals surface area contributed by atoms with Gasteiger partial charge in [0.1, 0.15) is 12.4 Å². The van der Waals surface area contributed by atoms with E-state index < -0.39 is 0 Å². The first kappa shape index (κ1) is 18.4. The van der Waals surface area contributed by atoms with Crippen LogP contribution < -0.4 is 16.0 Å². The van der Waals surface area contributed by atoms with Crippen molar-refractivity contribution in [2.24, 2.45) is 0 Å². The first-order valence-corrected chi connectivity index (χ1v) is 7.75. The van der Waals surface area contributed by atoms with Crippen LogP contribution in [0.1, 0.15) is 5.56 Å².